The van der Waals surface area contributed by atoms with E-state index >= 15 is 0 Å². The van der Waals surface area contributed by atoms with Crippen molar-refractivity contribution in [1.82, 2.24) is 14.8 Å². The number of aryl methyl sites for hydroxylation is 1. The molecule has 0 saturated carbocycles. The van der Waals surface area contributed by atoms with Crippen molar-refractivity contribution in [3.8, 4) is 5.69 Å². The van der Waals surface area contributed by atoms with Crippen LogP contribution in [0.5, 0.6) is 0 Å². The average Bonchev–Trinajstić information content (AvgIpc) is 2.72. The molecule has 0 radical (unpaired) electrons. The van der Waals surface area contributed by atoms with Gasteiger partial charge < -0.3 is 5.11 Å². The van der Waals surface area contributed by atoms with Gasteiger partial charge in [0.25, 0.3) is 5.82 Å². The second-order valence-corrected chi connectivity index (χ2v) is 5.77. The first-order valence-corrected chi connectivity index (χ1v) is 7.33. The molecule has 1 aromatic carbocycles. The van der Waals surface area contributed by atoms with E-state index in [0.717, 1.165) is 10.9 Å². The number of hydrogen-bond donors (Lipinski definition) is 1. The van der Waals surface area contributed by atoms with Crippen LogP contribution >= 0.6 is 39.1 Å². The van der Waals surface area contributed by atoms with E-state index in [2.05, 4.69) is 26.0 Å². The fraction of sp³-hybridized carbons (Fsp3) is 0.250. The summed E-state index contributed by atoms with van der Waals surface area (Å²) in [6, 6.07) is 3.33. The first-order valence-electron chi connectivity index (χ1n) is 5.78. The third-order valence-electron chi connectivity index (χ3n) is 2.53. The normalized spacial score (nSPS) is 10.8. The Hall–Kier alpha value is -1.11. The molecule has 0 bridgehead atoms. The number of benzene rings is 1. The Morgan fingerprint density at radius 1 is 1.40 bits per heavy atom. The summed E-state index contributed by atoms with van der Waals surface area (Å²) in [6.07, 6.45) is 1.37. The summed E-state index contributed by atoms with van der Waals surface area (Å²) in [4.78, 5) is 15.0. The largest absolute Gasteiger partial charge is 0.475 e. The Labute approximate surface area is 133 Å². The summed E-state index contributed by atoms with van der Waals surface area (Å²) in [5.74, 6) is -0.954. The van der Waals surface area contributed by atoms with Crippen LogP contribution in [0.3, 0.4) is 0 Å². The molecule has 0 atom stereocenters. The molecule has 0 aliphatic rings. The Morgan fingerprint density at radius 2 is 2.00 bits per heavy atom. The van der Waals surface area contributed by atoms with Gasteiger partial charge in [-0.15, -0.1) is 5.10 Å². The van der Waals surface area contributed by atoms with Gasteiger partial charge in [-0.2, -0.15) is 0 Å². The van der Waals surface area contributed by atoms with Crippen LogP contribution in [0.25, 0.3) is 5.69 Å². The predicted octanol–water partition coefficient (Wildman–Crippen LogP) is 3.99. The molecule has 1 aromatic heterocycles. The molecule has 106 valence electrons. The lowest BCUT2D eigenvalue weighted by atomic mass is 10.3. The van der Waals surface area contributed by atoms with Crippen LogP contribution in [-0.4, -0.2) is 25.8 Å². The van der Waals surface area contributed by atoms with Crippen LogP contribution in [0.1, 0.15) is 29.8 Å². The molecule has 1 N–H and O–H groups in total. The molecule has 1 heterocycles. The fourth-order valence-electron chi connectivity index (χ4n) is 1.74. The lowest BCUT2D eigenvalue weighted by molar-refractivity contribution is 0.0683. The zero-order valence-electron chi connectivity index (χ0n) is 10.4. The molecular weight excluding hydrogens is 369 g/mol. The minimum absolute atomic E-state index is 0.275. The Morgan fingerprint density at radius 3 is 2.50 bits per heavy atom. The standard InChI is InChI=1S/C12H10BrCl2N3O2/c1-2-3-9-16-11(12(19)20)17-18(9)10-7(14)4-6(13)5-8(10)15/h4-5H,2-3H2,1H3,(H,19,20). The van der Waals surface area contributed by atoms with Crippen LogP contribution < -0.4 is 0 Å². The summed E-state index contributed by atoms with van der Waals surface area (Å²) in [7, 11) is 0. The maximum absolute atomic E-state index is 11.0. The Kier molecular flexibility index (Phi) is 4.67. The van der Waals surface area contributed by atoms with E-state index in [4.69, 9.17) is 28.3 Å². The summed E-state index contributed by atoms with van der Waals surface area (Å²) in [6.45, 7) is 1.96. The highest BCUT2D eigenvalue weighted by Crippen LogP contribution is 2.32. The van der Waals surface area contributed by atoms with Gasteiger partial charge in [0, 0.05) is 10.9 Å². The second-order valence-electron chi connectivity index (χ2n) is 4.04. The molecule has 20 heavy (non-hydrogen) atoms. The number of carbonyl (C=O) groups is 1. The molecule has 0 fully saturated rings. The molecule has 0 unspecified atom stereocenters. The van der Waals surface area contributed by atoms with Gasteiger partial charge in [-0.1, -0.05) is 46.1 Å². The van der Waals surface area contributed by atoms with Gasteiger partial charge in [0.1, 0.15) is 11.5 Å². The monoisotopic (exact) mass is 377 g/mol. The lowest BCUT2D eigenvalue weighted by Gasteiger charge is -2.10. The zero-order valence-corrected chi connectivity index (χ0v) is 13.5. The van der Waals surface area contributed by atoms with Crippen molar-refractivity contribution < 1.29 is 9.90 Å². The van der Waals surface area contributed by atoms with Gasteiger partial charge in [-0.25, -0.2) is 14.5 Å². The SMILES string of the molecule is CCCc1nc(C(=O)O)nn1-c1c(Cl)cc(Br)cc1Cl. The molecular formula is C12H10BrCl2N3O2. The molecule has 0 aliphatic carbocycles. The smallest absolute Gasteiger partial charge is 0.375 e. The average molecular weight is 379 g/mol. The second kappa shape index (κ2) is 6.11. The minimum atomic E-state index is -1.19. The topological polar surface area (TPSA) is 68.0 Å². The summed E-state index contributed by atoms with van der Waals surface area (Å²) >= 11 is 15.6. The molecule has 5 nitrogen and oxygen atoms in total. The number of rotatable bonds is 4. The van der Waals surface area contributed by atoms with Crippen molar-refractivity contribution in [2.45, 2.75) is 19.8 Å². The van der Waals surface area contributed by atoms with Crippen LogP contribution in [0.2, 0.25) is 10.0 Å². The zero-order chi connectivity index (χ0) is 14.9. The van der Waals surface area contributed by atoms with Crippen LogP contribution in [0, 0.1) is 0 Å². The molecule has 2 rings (SSSR count). The van der Waals surface area contributed by atoms with E-state index < -0.39 is 5.97 Å². The van der Waals surface area contributed by atoms with Crippen LogP contribution in [-0.2, 0) is 6.42 Å². The Balaban J connectivity index is 2.65. The molecule has 0 amide bonds. The first kappa shape index (κ1) is 15.3. The van der Waals surface area contributed by atoms with Gasteiger partial charge in [0.15, 0.2) is 0 Å². The summed E-state index contributed by atoms with van der Waals surface area (Å²) < 4.78 is 2.12. The van der Waals surface area contributed by atoms with Crippen molar-refractivity contribution in [1.29, 1.82) is 0 Å². The van der Waals surface area contributed by atoms with Crippen molar-refractivity contribution in [3.05, 3.63) is 38.3 Å². The van der Waals surface area contributed by atoms with Crippen molar-refractivity contribution in [3.63, 3.8) is 0 Å². The van der Waals surface area contributed by atoms with E-state index in [9.17, 15) is 4.79 Å². The maximum atomic E-state index is 11.0. The third-order valence-corrected chi connectivity index (χ3v) is 3.57. The Bertz CT molecular complexity index is 650. The molecule has 8 heteroatoms. The maximum Gasteiger partial charge on any atom is 0.375 e. The van der Waals surface area contributed by atoms with Crippen molar-refractivity contribution in [2.24, 2.45) is 0 Å². The van der Waals surface area contributed by atoms with Gasteiger partial charge >= 0.3 is 5.97 Å². The quantitative estimate of drug-likeness (QED) is 0.873. The van der Waals surface area contributed by atoms with Crippen LogP contribution in [0.4, 0.5) is 0 Å². The molecule has 2 aromatic rings. The minimum Gasteiger partial charge on any atom is -0.475 e. The number of aromatic nitrogens is 3. The number of nitrogens with zero attached hydrogens (tertiary/aromatic N) is 3. The number of hydrogen-bond acceptors (Lipinski definition) is 3. The van der Waals surface area contributed by atoms with E-state index in [1.807, 2.05) is 6.92 Å². The lowest BCUT2D eigenvalue weighted by Crippen LogP contribution is -2.05. The van der Waals surface area contributed by atoms with Gasteiger partial charge in [-0.3, -0.25) is 0 Å². The first-order chi connectivity index (χ1) is 9.43. The van der Waals surface area contributed by atoms with E-state index in [1.54, 1.807) is 12.1 Å². The highest BCUT2D eigenvalue weighted by Gasteiger charge is 2.19. The summed E-state index contributed by atoms with van der Waals surface area (Å²) in [5.41, 5.74) is 0.431. The van der Waals surface area contributed by atoms with Crippen LogP contribution in [0.15, 0.2) is 16.6 Å². The highest BCUT2D eigenvalue weighted by molar-refractivity contribution is 9.10. The summed E-state index contributed by atoms with van der Waals surface area (Å²) in [5, 5.41) is 13.7. The van der Waals surface area contributed by atoms with Crippen molar-refractivity contribution in [2.75, 3.05) is 0 Å². The van der Waals surface area contributed by atoms with Gasteiger partial charge in [0.05, 0.1) is 10.0 Å². The predicted molar refractivity (Wildman–Crippen MR) is 80.0 cm³/mol. The van der Waals surface area contributed by atoms with E-state index in [1.165, 1.54) is 4.68 Å². The fourth-order valence-corrected chi connectivity index (χ4v) is 3.10. The van der Waals surface area contributed by atoms with Crippen molar-refractivity contribution >= 4 is 45.1 Å². The molecule has 0 aliphatic heterocycles. The molecule has 0 spiro atoms. The van der Waals surface area contributed by atoms with Gasteiger partial charge in [-0.05, 0) is 18.6 Å². The van der Waals surface area contributed by atoms with E-state index in [-0.39, 0.29) is 5.82 Å². The third kappa shape index (κ3) is 2.97. The van der Waals surface area contributed by atoms with E-state index in [0.29, 0.717) is 28.0 Å². The number of aromatic carboxylic acids is 1. The molecule has 0 saturated heterocycles. The highest BCUT2D eigenvalue weighted by atomic mass is 79.9. The number of halogens is 3. The number of carboxylic acids is 1. The number of carboxylic acid groups (broad SMARTS) is 1. The van der Waals surface area contributed by atoms with Gasteiger partial charge in [0.2, 0.25) is 0 Å².